The number of rotatable bonds is 8. The molecule has 2 heterocycles. The Bertz CT molecular complexity index is 2220. The quantitative estimate of drug-likeness (QED) is 0.0937. The van der Waals surface area contributed by atoms with E-state index in [0.717, 1.165) is 64.6 Å². The van der Waals surface area contributed by atoms with Crippen molar-refractivity contribution in [1.29, 1.82) is 0 Å². The molecule has 240 valence electrons. The van der Waals surface area contributed by atoms with Crippen molar-refractivity contribution in [2.75, 3.05) is 10.6 Å². The van der Waals surface area contributed by atoms with Gasteiger partial charge in [-0.25, -0.2) is 0 Å². The summed E-state index contributed by atoms with van der Waals surface area (Å²) < 4.78 is 0. The van der Waals surface area contributed by atoms with Crippen LogP contribution in [0, 0.1) is 0 Å². The normalized spacial score (nSPS) is 13.0. The van der Waals surface area contributed by atoms with Crippen LogP contribution in [0.2, 0.25) is 0 Å². The second kappa shape index (κ2) is 13.6. The first kappa shape index (κ1) is 31.4. The fourth-order valence-corrected chi connectivity index (χ4v) is 8.19. The molecule has 0 unspecified atom stereocenters. The molecule has 6 aromatic carbocycles. The van der Waals surface area contributed by atoms with E-state index >= 15 is 0 Å². The highest BCUT2D eigenvalue weighted by Gasteiger charge is 2.26. The number of nitrogens with one attached hydrogen (secondary N) is 2. The third-order valence-electron chi connectivity index (χ3n) is 8.53. The lowest BCUT2D eigenvalue weighted by Gasteiger charge is -2.24. The Labute approximate surface area is 298 Å². The van der Waals surface area contributed by atoms with Crippen molar-refractivity contribution in [1.82, 2.24) is 0 Å². The molecule has 0 aliphatic carbocycles. The molecule has 2 aliphatic rings. The Hall–Kier alpha value is -5.89. The first-order valence-corrected chi connectivity index (χ1v) is 17.7. The van der Waals surface area contributed by atoms with Crippen LogP contribution in [0.5, 0.6) is 0 Å². The zero-order valence-electron chi connectivity index (χ0n) is 26.6. The molecule has 0 amide bonds. The maximum atomic E-state index is 13.8. The highest BCUT2D eigenvalue weighted by molar-refractivity contribution is 8.00. The van der Waals surface area contributed by atoms with Gasteiger partial charge in [0.2, 0.25) is 11.6 Å². The van der Waals surface area contributed by atoms with Crippen molar-refractivity contribution in [2.24, 2.45) is 0 Å². The number of hydrogen-bond donors (Lipinski definition) is 2. The van der Waals surface area contributed by atoms with Gasteiger partial charge in [-0.1, -0.05) is 133 Å². The van der Waals surface area contributed by atoms with Crippen molar-refractivity contribution in [3.63, 3.8) is 0 Å². The first-order valence-electron chi connectivity index (χ1n) is 16.0. The number of benzene rings is 6. The predicted octanol–water partition coefficient (Wildman–Crippen LogP) is 10.4. The largest absolute Gasteiger partial charge is 0.353 e. The fraction of sp³-hybridized carbons (Fsp3) is 0. The van der Waals surface area contributed by atoms with Crippen LogP contribution in [0.1, 0.15) is 22.3 Å². The molecule has 0 fully saturated rings. The molecule has 0 atom stereocenters. The predicted molar refractivity (Wildman–Crippen MR) is 203 cm³/mol. The lowest BCUT2D eigenvalue weighted by molar-refractivity contribution is -0.140. The maximum absolute atomic E-state index is 13.8. The van der Waals surface area contributed by atoms with E-state index in [-0.39, 0.29) is 0 Å². The van der Waals surface area contributed by atoms with Gasteiger partial charge in [0, 0.05) is 30.7 Å². The number of hydrogen-bond acceptors (Lipinski definition) is 7. The summed E-state index contributed by atoms with van der Waals surface area (Å²) in [7, 11) is 0. The summed E-state index contributed by atoms with van der Waals surface area (Å²) in [6, 6.07) is 46.7. The smallest absolute Gasteiger partial charge is 0.272 e. The molecule has 0 aromatic heterocycles. The second-order valence-corrected chi connectivity index (χ2v) is 13.9. The van der Waals surface area contributed by atoms with Crippen LogP contribution in [0.15, 0.2) is 177 Å². The van der Waals surface area contributed by atoms with Crippen LogP contribution >= 0.6 is 23.5 Å². The SMILES string of the molecule is O=C(C=C(c1ccccc1)c1cccc2c1Nc1ccccc1S2)C(=O)C(=O)C=C(c1ccccc1)c1cccc2c1Nc1ccccc1S2. The van der Waals surface area contributed by atoms with Crippen LogP contribution in [-0.2, 0) is 14.4 Å². The Morgan fingerprint density at radius 1 is 0.420 bits per heavy atom. The van der Waals surface area contributed by atoms with Crippen molar-refractivity contribution in [2.45, 2.75) is 19.6 Å². The van der Waals surface area contributed by atoms with Crippen LogP contribution in [0.25, 0.3) is 11.1 Å². The van der Waals surface area contributed by atoms with E-state index in [2.05, 4.69) is 22.8 Å². The average Bonchev–Trinajstić information content (AvgIpc) is 3.17. The van der Waals surface area contributed by atoms with E-state index in [0.29, 0.717) is 11.1 Å². The lowest BCUT2D eigenvalue weighted by Crippen LogP contribution is -2.21. The third-order valence-corrected chi connectivity index (χ3v) is 10.8. The summed E-state index contributed by atoms with van der Waals surface area (Å²) in [5.74, 6) is -2.89. The number of carbonyl (C=O) groups excluding carboxylic acids is 3. The van der Waals surface area contributed by atoms with Crippen molar-refractivity contribution in [3.8, 4) is 0 Å². The van der Waals surface area contributed by atoms with Gasteiger partial charge in [-0.2, -0.15) is 0 Å². The summed E-state index contributed by atoms with van der Waals surface area (Å²) >= 11 is 3.28. The van der Waals surface area contributed by atoms with Crippen molar-refractivity contribution < 1.29 is 14.4 Å². The van der Waals surface area contributed by atoms with Crippen LogP contribution in [-0.4, -0.2) is 17.3 Å². The van der Waals surface area contributed by atoms with Gasteiger partial charge in [0.05, 0.1) is 22.7 Å². The van der Waals surface area contributed by atoms with E-state index in [9.17, 15) is 14.4 Å². The van der Waals surface area contributed by atoms with E-state index in [1.54, 1.807) is 23.5 Å². The highest BCUT2D eigenvalue weighted by Crippen LogP contribution is 2.49. The van der Waals surface area contributed by atoms with Gasteiger partial charge in [0.15, 0.2) is 0 Å². The Morgan fingerprint density at radius 2 is 0.800 bits per heavy atom. The average molecular weight is 685 g/mol. The summed E-state index contributed by atoms with van der Waals surface area (Å²) in [5.41, 5.74) is 7.70. The number of fused-ring (bicyclic) bond motifs is 4. The Kier molecular flexibility index (Phi) is 8.50. The van der Waals surface area contributed by atoms with Gasteiger partial charge in [-0.3, -0.25) is 14.4 Å². The zero-order valence-corrected chi connectivity index (χ0v) is 28.2. The molecule has 6 aromatic rings. The molecular weight excluding hydrogens is 657 g/mol. The first-order chi connectivity index (χ1) is 24.5. The van der Waals surface area contributed by atoms with Gasteiger partial charge in [-0.15, -0.1) is 0 Å². The lowest BCUT2D eigenvalue weighted by atomic mass is 9.92. The zero-order chi connectivity index (χ0) is 34.0. The molecule has 0 radical (unpaired) electrons. The van der Waals surface area contributed by atoms with Gasteiger partial charge >= 0.3 is 0 Å². The molecule has 0 spiro atoms. The summed E-state index contributed by atoms with van der Waals surface area (Å²) in [6.07, 6.45) is 2.60. The monoisotopic (exact) mass is 684 g/mol. The number of carbonyl (C=O) groups is 3. The number of anilines is 4. The number of Topliss-reactive ketones (excluding diaryl/α,β-unsaturated/α-hetero) is 1. The van der Waals surface area contributed by atoms with Gasteiger partial charge < -0.3 is 10.6 Å². The van der Waals surface area contributed by atoms with Gasteiger partial charge in [0.1, 0.15) is 0 Å². The molecule has 8 rings (SSSR count). The van der Waals surface area contributed by atoms with Crippen LogP contribution in [0.3, 0.4) is 0 Å². The Balaban J connectivity index is 1.17. The van der Waals surface area contributed by atoms with Crippen LogP contribution < -0.4 is 10.6 Å². The summed E-state index contributed by atoms with van der Waals surface area (Å²) in [5, 5.41) is 7.07. The second-order valence-electron chi connectivity index (χ2n) is 11.7. The van der Waals surface area contributed by atoms with Gasteiger partial charge in [-0.05, 0) is 70.8 Å². The van der Waals surface area contributed by atoms with Gasteiger partial charge in [0.25, 0.3) is 5.78 Å². The molecule has 7 heteroatoms. The van der Waals surface area contributed by atoms with Crippen molar-refractivity contribution in [3.05, 3.63) is 180 Å². The molecule has 50 heavy (non-hydrogen) atoms. The molecule has 0 bridgehead atoms. The minimum atomic E-state index is -1.11. The molecular formula is C43H28N2O3S2. The third kappa shape index (κ3) is 6.09. The van der Waals surface area contributed by atoms with E-state index in [1.807, 2.05) is 133 Å². The molecule has 2 aliphatic heterocycles. The van der Waals surface area contributed by atoms with Crippen LogP contribution in [0.4, 0.5) is 22.7 Å². The summed E-state index contributed by atoms with van der Waals surface area (Å²) in [6.45, 7) is 0. The minimum absolute atomic E-state index is 0.547. The molecule has 2 N–H and O–H groups in total. The van der Waals surface area contributed by atoms with E-state index in [1.165, 1.54) is 12.2 Å². The standard InChI is InChI=1S/C43H28N2O3S2/c46-35(25-31(27-13-3-1-4-14-27)29-17-11-23-39-41(29)44-33-19-7-9-21-37(33)49-39)43(48)36(47)26-32(28-15-5-2-6-16-28)30-18-12-24-40-42(30)45-34-20-8-10-22-38(34)50-40/h1-26,44-45H. The maximum Gasteiger partial charge on any atom is 0.272 e. The molecule has 0 saturated heterocycles. The number of ketones is 3. The highest BCUT2D eigenvalue weighted by atomic mass is 32.2. The number of allylic oxidation sites excluding steroid dienone is 2. The number of para-hydroxylation sites is 4. The van der Waals surface area contributed by atoms with Crippen molar-refractivity contribution >= 4 is 74.8 Å². The molecule has 0 saturated carbocycles. The fourth-order valence-electron chi connectivity index (χ4n) is 6.15. The topological polar surface area (TPSA) is 75.3 Å². The molecule has 5 nitrogen and oxygen atoms in total. The van der Waals surface area contributed by atoms with E-state index < -0.39 is 17.3 Å². The minimum Gasteiger partial charge on any atom is -0.353 e. The van der Waals surface area contributed by atoms with E-state index in [4.69, 9.17) is 0 Å². The Morgan fingerprint density at radius 3 is 1.24 bits per heavy atom. The summed E-state index contributed by atoms with van der Waals surface area (Å²) in [4.78, 5) is 45.5.